The van der Waals surface area contributed by atoms with Crippen molar-refractivity contribution in [2.45, 2.75) is 75.3 Å². The second-order valence-electron chi connectivity index (χ2n) is 22.3. The van der Waals surface area contributed by atoms with Crippen LogP contribution in [0, 0.1) is 0 Å². The lowest BCUT2D eigenvalue weighted by molar-refractivity contribution is 0.133. The highest BCUT2D eigenvalue weighted by molar-refractivity contribution is 6.26. The maximum Gasteiger partial charge on any atom is 0.0518 e. The van der Waals surface area contributed by atoms with E-state index < -0.39 is 0 Å². The monoisotopic (exact) mass is 924 g/mol. The van der Waals surface area contributed by atoms with Gasteiger partial charge < -0.3 is 9.80 Å². The Morgan fingerprint density at radius 1 is 0.306 bits per heavy atom. The molecule has 0 radical (unpaired) electrons. The Kier molecular flexibility index (Phi) is 8.60. The van der Waals surface area contributed by atoms with Gasteiger partial charge in [0.1, 0.15) is 0 Å². The molecule has 4 unspecified atom stereocenters. The molecule has 72 heavy (non-hydrogen) atoms. The molecule has 2 aliphatic heterocycles. The Morgan fingerprint density at radius 3 is 1.10 bits per heavy atom. The summed E-state index contributed by atoms with van der Waals surface area (Å²) in [6.45, 7) is 9.97. The second kappa shape index (κ2) is 14.8. The summed E-state index contributed by atoms with van der Waals surface area (Å²) in [4.78, 5) is 5.27. The van der Waals surface area contributed by atoms with Gasteiger partial charge in [-0.25, -0.2) is 0 Å². The van der Waals surface area contributed by atoms with E-state index in [0.717, 1.165) is 0 Å². The van der Waals surface area contributed by atoms with Crippen LogP contribution in [0.1, 0.15) is 64.5 Å². The van der Waals surface area contributed by atoms with Crippen molar-refractivity contribution in [2.24, 2.45) is 0 Å². The zero-order valence-corrected chi connectivity index (χ0v) is 41.5. The van der Waals surface area contributed by atoms with Crippen LogP contribution in [0.25, 0.3) is 87.6 Å². The van der Waals surface area contributed by atoms with Crippen LogP contribution in [0.5, 0.6) is 0 Å². The van der Waals surface area contributed by atoms with Crippen molar-refractivity contribution >= 4 is 65.8 Å². The lowest BCUT2D eigenvalue weighted by Gasteiger charge is -2.56. The lowest BCUT2D eigenvalue weighted by atomic mass is 9.55. The third-order valence-electron chi connectivity index (χ3n) is 19.2. The first-order valence-corrected chi connectivity index (χ1v) is 26.2. The lowest BCUT2D eigenvalue weighted by Crippen LogP contribution is -2.60. The molecule has 11 aromatic rings. The van der Waals surface area contributed by atoms with E-state index in [1.807, 2.05) is 0 Å². The van der Waals surface area contributed by atoms with Crippen LogP contribution in [0.4, 0.5) is 22.7 Å². The Morgan fingerprint density at radius 2 is 0.681 bits per heavy atom. The van der Waals surface area contributed by atoms with Crippen LogP contribution in [-0.2, 0) is 10.8 Å². The second-order valence-corrected chi connectivity index (χ2v) is 22.3. The fourth-order valence-electron chi connectivity index (χ4n) is 14.6. The summed E-state index contributed by atoms with van der Waals surface area (Å²) in [5.74, 6) is 0. The van der Waals surface area contributed by atoms with Crippen LogP contribution in [-0.4, -0.2) is 11.1 Å². The van der Waals surface area contributed by atoms with E-state index >= 15 is 0 Å². The average Bonchev–Trinajstić information content (AvgIpc) is 3.64. The topological polar surface area (TPSA) is 6.48 Å². The smallest absolute Gasteiger partial charge is 0.0518 e. The van der Waals surface area contributed by atoms with Crippen LogP contribution < -0.4 is 9.80 Å². The Balaban J connectivity index is 0.988. The highest BCUT2D eigenvalue weighted by Gasteiger charge is 2.64. The highest BCUT2D eigenvalue weighted by atomic mass is 15.3. The molecule has 0 spiro atoms. The van der Waals surface area contributed by atoms with Crippen molar-refractivity contribution in [2.75, 3.05) is 9.80 Å². The number of benzene rings is 11. The molecule has 2 heteroatoms. The summed E-state index contributed by atoms with van der Waals surface area (Å²) in [6, 6.07) is 83.1. The minimum absolute atomic E-state index is 0.0312. The molecule has 0 aromatic heterocycles. The van der Waals surface area contributed by atoms with Gasteiger partial charge in [0.15, 0.2) is 0 Å². The molecular weight excluding hydrogens is 869 g/mol. The van der Waals surface area contributed by atoms with Crippen LogP contribution in [0.2, 0.25) is 0 Å². The molecule has 346 valence electrons. The van der Waals surface area contributed by atoms with Crippen LogP contribution in [0.3, 0.4) is 0 Å². The maximum absolute atomic E-state index is 2.64. The first kappa shape index (κ1) is 41.8. The van der Waals surface area contributed by atoms with Gasteiger partial charge in [0.25, 0.3) is 0 Å². The molecule has 2 fully saturated rings. The third kappa shape index (κ3) is 5.45. The van der Waals surface area contributed by atoms with Gasteiger partial charge in [-0.05, 0) is 199 Å². The molecule has 0 saturated heterocycles. The Bertz CT molecular complexity index is 3800. The summed E-state index contributed by atoms with van der Waals surface area (Å²) in [7, 11) is 0. The quantitative estimate of drug-likeness (QED) is 0.153. The zero-order chi connectivity index (χ0) is 48.1. The first-order valence-electron chi connectivity index (χ1n) is 26.2. The predicted molar refractivity (Wildman–Crippen MR) is 305 cm³/mol. The van der Waals surface area contributed by atoms with Gasteiger partial charge in [0.05, 0.1) is 11.1 Å². The molecule has 2 aliphatic carbocycles. The van der Waals surface area contributed by atoms with Gasteiger partial charge in [-0.2, -0.15) is 0 Å². The zero-order valence-electron chi connectivity index (χ0n) is 41.5. The van der Waals surface area contributed by atoms with Crippen molar-refractivity contribution in [3.8, 4) is 44.5 Å². The van der Waals surface area contributed by atoms with Crippen molar-refractivity contribution in [1.82, 2.24) is 0 Å². The van der Waals surface area contributed by atoms with Gasteiger partial charge in [0.2, 0.25) is 0 Å². The van der Waals surface area contributed by atoms with E-state index in [0.29, 0.717) is 0 Å². The molecular formula is C70H56N2. The van der Waals surface area contributed by atoms with Crippen molar-refractivity contribution in [1.29, 1.82) is 0 Å². The minimum Gasteiger partial charge on any atom is -0.334 e. The van der Waals surface area contributed by atoms with E-state index in [2.05, 4.69) is 256 Å². The van der Waals surface area contributed by atoms with Crippen LogP contribution in [0.15, 0.2) is 218 Å². The fourth-order valence-corrected chi connectivity index (χ4v) is 14.6. The van der Waals surface area contributed by atoms with Crippen molar-refractivity contribution in [3.63, 3.8) is 0 Å². The number of hydrogen-bond acceptors (Lipinski definition) is 2. The summed E-state index contributed by atoms with van der Waals surface area (Å²) >= 11 is 0. The number of hydrogen-bond donors (Lipinski definition) is 0. The average molecular weight is 925 g/mol. The van der Waals surface area contributed by atoms with Gasteiger partial charge in [0, 0.05) is 33.6 Å². The first-order chi connectivity index (χ1) is 35.2. The molecule has 2 nitrogen and oxygen atoms in total. The highest BCUT2D eigenvalue weighted by Crippen LogP contribution is 2.67. The van der Waals surface area contributed by atoms with Gasteiger partial charge in [-0.1, -0.05) is 172 Å². The van der Waals surface area contributed by atoms with Gasteiger partial charge >= 0.3 is 0 Å². The van der Waals surface area contributed by atoms with Crippen molar-refractivity contribution in [3.05, 3.63) is 230 Å². The molecule has 4 atom stereocenters. The summed E-state index contributed by atoms with van der Waals surface area (Å²) in [5.41, 5.74) is 18.5. The van der Waals surface area contributed by atoms with Crippen molar-refractivity contribution < 1.29 is 0 Å². The maximum atomic E-state index is 2.64. The molecule has 2 heterocycles. The number of anilines is 4. The van der Waals surface area contributed by atoms with Gasteiger partial charge in [-0.3, -0.25) is 0 Å². The standard InChI is InChI=1S/C70H56N2/c1-67-37-39-69(67,3)71(51-21-7-5-8-22-51)63-35-31-49(43-61(63)67)47-29-33-57-59(41-47)65(55-27-15-19-45-17-11-13-25-53(45)55)58-34-30-48(42-60(58)66(57)56-28-16-20-46-18-12-14-26-54(46)56)50-32-36-64-62(44-50)68(2)38-40-70(68,4)72(64)52-23-9-6-10-24-52/h5-36,41-44H,37-40H2,1-4H3. The van der Waals surface area contributed by atoms with Gasteiger partial charge in [-0.15, -0.1) is 0 Å². The number of para-hydroxylation sites is 2. The molecule has 0 N–H and O–H groups in total. The fraction of sp³-hybridized carbons (Fsp3) is 0.171. The van der Waals surface area contributed by atoms with E-state index in [4.69, 9.17) is 0 Å². The minimum atomic E-state index is 0.0312. The molecule has 0 amide bonds. The van der Waals surface area contributed by atoms with E-state index in [1.54, 1.807) is 0 Å². The van der Waals surface area contributed by atoms with E-state index in [-0.39, 0.29) is 21.9 Å². The van der Waals surface area contributed by atoms with E-state index in [1.165, 1.54) is 147 Å². The Labute approximate surface area is 422 Å². The van der Waals surface area contributed by atoms with Crippen LogP contribution >= 0.6 is 0 Å². The largest absolute Gasteiger partial charge is 0.334 e. The molecule has 15 rings (SSSR count). The molecule has 11 aromatic carbocycles. The summed E-state index contributed by atoms with van der Waals surface area (Å²) < 4.78 is 0. The third-order valence-corrected chi connectivity index (χ3v) is 19.2. The number of rotatable bonds is 6. The predicted octanol–water partition coefficient (Wildman–Crippen LogP) is 18.9. The molecule has 2 saturated carbocycles. The SMILES string of the molecule is CC12CCC1(C)N(c1ccccc1)c1ccc(-c3ccc4c(-c5cccc6ccccc56)c5cc(-c6ccc7c(c6)C6(C)CCC6(C)N7c6ccccc6)ccc5c(-c5cccc6ccccc56)c4c3)cc12. The summed E-state index contributed by atoms with van der Waals surface area (Å²) in [5, 5.41) is 10.1. The number of nitrogens with zero attached hydrogens (tertiary/aromatic N) is 2. The Hall–Kier alpha value is -7.94. The molecule has 0 bridgehead atoms. The normalized spacial score (nSPS) is 22.7. The number of fused-ring (bicyclic) bond motifs is 10. The molecule has 4 aliphatic rings. The summed E-state index contributed by atoms with van der Waals surface area (Å²) in [6.07, 6.45) is 4.73. The van der Waals surface area contributed by atoms with E-state index in [9.17, 15) is 0 Å².